The zero-order chi connectivity index (χ0) is 17.9. The molecule has 7 heteroatoms. The van der Waals surface area contributed by atoms with Crippen LogP contribution < -0.4 is 10.5 Å². The molecular formula is C17H20N2O3S2. The molecule has 1 atom stereocenters. The second kappa shape index (κ2) is 7.38. The number of hydrogen-bond acceptors (Lipinski definition) is 4. The van der Waals surface area contributed by atoms with Gasteiger partial charge in [-0.1, -0.05) is 17.7 Å². The van der Waals surface area contributed by atoms with Crippen LogP contribution in [-0.2, 0) is 14.8 Å². The molecule has 0 saturated carbocycles. The molecule has 3 N–H and O–H groups in total. The molecule has 0 spiro atoms. The summed E-state index contributed by atoms with van der Waals surface area (Å²) in [6, 6.07) is 11.9. The summed E-state index contributed by atoms with van der Waals surface area (Å²) in [6.07, 6.45) is 0. The quantitative estimate of drug-likeness (QED) is 0.798. The van der Waals surface area contributed by atoms with E-state index in [4.69, 9.17) is 5.14 Å². The number of hydrogen-bond donors (Lipinski definition) is 2. The van der Waals surface area contributed by atoms with Gasteiger partial charge in [-0.3, -0.25) is 4.79 Å². The minimum atomic E-state index is -3.73. The standard InChI is InChI=1S/C17H20N2O3S2/c1-11-4-9-16(12(2)10-11)23-13(3)17(20)19-14-5-7-15(8-6-14)24(18,21)22/h4-10,13H,1-3H3,(H,19,20)(H2,18,21,22). The van der Waals surface area contributed by atoms with E-state index >= 15 is 0 Å². The van der Waals surface area contributed by atoms with Crippen molar-refractivity contribution in [1.82, 2.24) is 0 Å². The van der Waals surface area contributed by atoms with E-state index in [1.54, 1.807) is 0 Å². The summed E-state index contributed by atoms with van der Waals surface area (Å²) in [6.45, 7) is 5.88. The number of nitrogens with one attached hydrogen (secondary N) is 1. The number of primary sulfonamides is 1. The van der Waals surface area contributed by atoms with Gasteiger partial charge in [0.25, 0.3) is 0 Å². The smallest absolute Gasteiger partial charge is 0.238 e. The number of benzene rings is 2. The minimum Gasteiger partial charge on any atom is -0.325 e. The Hall–Kier alpha value is -1.83. The van der Waals surface area contributed by atoms with E-state index in [0.29, 0.717) is 5.69 Å². The largest absolute Gasteiger partial charge is 0.325 e. The first-order valence-corrected chi connectivity index (χ1v) is 9.77. The van der Waals surface area contributed by atoms with Gasteiger partial charge in [-0.25, -0.2) is 13.6 Å². The molecule has 0 aromatic heterocycles. The Morgan fingerprint density at radius 1 is 1.12 bits per heavy atom. The number of anilines is 1. The maximum Gasteiger partial charge on any atom is 0.238 e. The van der Waals surface area contributed by atoms with Crippen molar-refractivity contribution in [1.29, 1.82) is 0 Å². The third-order valence-corrected chi connectivity index (χ3v) is 5.66. The van der Waals surface area contributed by atoms with Gasteiger partial charge in [0.2, 0.25) is 15.9 Å². The Balaban J connectivity index is 2.03. The molecule has 2 aromatic rings. The Morgan fingerprint density at radius 3 is 2.29 bits per heavy atom. The summed E-state index contributed by atoms with van der Waals surface area (Å²) in [7, 11) is -3.73. The van der Waals surface area contributed by atoms with Gasteiger partial charge in [0.1, 0.15) is 0 Å². The first kappa shape index (κ1) is 18.5. The molecule has 0 aliphatic carbocycles. The zero-order valence-electron chi connectivity index (χ0n) is 13.7. The third kappa shape index (κ3) is 4.83. The van der Waals surface area contributed by atoms with Gasteiger partial charge in [0.15, 0.2) is 0 Å². The average molecular weight is 364 g/mol. The van der Waals surface area contributed by atoms with E-state index in [1.165, 1.54) is 41.6 Å². The van der Waals surface area contributed by atoms with Crippen molar-refractivity contribution in [3.05, 3.63) is 53.6 Å². The normalized spacial score (nSPS) is 12.7. The molecule has 2 rings (SSSR count). The second-order valence-electron chi connectivity index (χ2n) is 5.59. The summed E-state index contributed by atoms with van der Waals surface area (Å²) in [5.74, 6) is -0.150. The van der Waals surface area contributed by atoms with Crippen molar-refractivity contribution in [2.45, 2.75) is 35.8 Å². The van der Waals surface area contributed by atoms with E-state index in [9.17, 15) is 13.2 Å². The summed E-state index contributed by atoms with van der Waals surface area (Å²) in [5, 5.41) is 7.54. The Labute approximate surface area is 146 Å². The van der Waals surface area contributed by atoms with Crippen molar-refractivity contribution < 1.29 is 13.2 Å². The van der Waals surface area contributed by atoms with E-state index in [2.05, 4.69) is 11.4 Å². The molecule has 0 heterocycles. The van der Waals surface area contributed by atoms with Gasteiger partial charge < -0.3 is 5.32 Å². The van der Waals surface area contributed by atoms with Crippen LogP contribution in [0.4, 0.5) is 5.69 Å². The maximum absolute atomic E-state index is 12.3. The highest BCUT2D eigenvalue weighted by Crippen LogP contribution is 2.28. The third-order valence-electron chi connectivity index (χ3n) is 3.45. The molecule has 0 aliphatic heterocycles. The van der Waals surface area contributed by atoms with Crippen LogP contribution in [0.25, 0.3) is 0 Å². The Bertz CT molecular complexity index is 847. The fourth-order valence-electron chi connectivity index (χ4n) is 2.15. The number of rotatable bonds is 5. The predicted molar refractivity (Wildman–Crippen MR) is 97.7 cm³/mol. The molecule has 24 heavy (non-hydrogen) atoms. The van der Waals surface area contributed by atoms with E-state index < -0.39 is 10.0 Å². The highest BCUT2D eigenvalue weighted by Gasteiger charge is 2.16. The first-order chi connectivity index (χ1) is 11.2. The highest BCUT2D eigenvalue weighted by molar-refractivity contribution is 8.00. The molecule has 1 amide bonds. The Kier molecular flexibility index (Phi) is 5.69. The number of thioether (sulfide) groups is 1. The average Bonchev–Trinajstić information content (AvgIpc) is 2.49. The molecule has 0 aliphatic rings. The summed E-state index contributed by atoms with van der Waals surface area (Å²) >= 11 is 1.49. The number of sulfonamides is 1. The fraction of sp³-hybridized carbons (Fsp3) is 0.235. The van der Waals surface area contributed by atoms with E-state index in [-0.39, 0.29) is 16.1 Å². The highest BCUT2D eigenvalue weighted by atomic mass is 32.2. The lowest BCUT2D eigenvalue weighted by Gasteiger charge is -2.14. The van der Waals surface area contributed by atoms with Crippen LogP contribution in [0.15, 0.2) is 52.3 Å². The lowest BCUT2D eigenvalue weighted by Crippen LogP contribution is -2.22. The van der Waals surface area contributed by atoms with Gasteiger partial charge >= 0.3 is 0 Å². The van der Waals surface area contributed by atoms with Crippen molar-refractivity contribution in [2.75, 3.05) is 5.32 Å². The molecular weight excluding hydrogens is 344 g/mol. The van der Waals surface area contributed by atoms with Crippen LogP contribution in [-0.4, -0.2) is 19.6 Å². The monoisotopic (exact) mass is 364 g/mol. The van der Waals surface area contributed by atoms with Crippen LogP contribution in [0.3, 0.4) is 0 Å². The Morgan fingerprint density at radius 2 is 1.75 bits per heavy atom. The topological polar surface area (TPSA) is 89.3 Å². The lowest BCUT2D eigenvalue weighted by molar-refractivity contribution is -0.115. The van der Waals surface area contributed by atoms with Gasteiger partial charge in [-0.2, -0.15) is 0 Å². The number of aryl methyl sites for hydroxylation is 2. The fourth-order valence-corrected chi connectivity index (χ4v) is 3.60. The summed E-state index contributed by atoms with van der Waals surface area (Å²) < 4.78 is 22.4. The molecule has 0 saturated heterocycles. The molecule has 0 bridgehead atoms. The van der Waals surface area contributed by atoms with E-state index in [0.717, 1.165) is 10.5 Å². The van der Waals surface area contributed by atoms with Crippen LogP contribution in [0.5, 0.6) is 0 Å². The second-order valence-corrected chi connectivity index (χ2v) is 8.53. The van der Waals surface area contributed by atoms with Gasteiger partial charge in [-0.15, -0.1) is 11.8 Å². The number of carbonyl (C=O) groups excluding carboxylic acids is 1. The summed E-state index contributed by atoms with van der Waals surface area (Å²) in [4.78, 5) is 13.4. The summed E-state index contributed by atoms with van der Waals surface area (Å²) in [5.41, 5.74) is 2.85. The molecule has 2 aromatic carbocycles. The van der Waals surface area contributed by atoms with Crippen molar-refractivity contribution >= 4 is 33.4 Å². The van der Waals surface area contributed by atoms with E-state index in [1.807, 2.05) is 32.9 Å². The zero-order valence-corrected chi connectivity index (χ0v) is 15.4. The number of carbonyl (C=O) groups is 1. The van der Waals surface area contributed by atoms with Crippen molar-refractivity contribution in [3.63, 3.8) is 0 Å². The molecule has 128 valence electrons. The molecule has 5 nitrogen and oxygen atoms in total. The molecule has 1 unspecified atom stereocenters. The van der Waals surface area contributed by atoms with Crippen LogP contribution in [0, 0.1) is 13.8 Å². The van der Waals surface area contributed by atoms with Gasteiger partial charge in [-0.05, 0) is 56.7 Å². The maximum atomic E-state index is 12.3. The van der Waals surface area contributed by atoms with Gasteiger partial charge in [0, 0.05) is 10.6 Å². The first-order valence-electron chi connectivity index (χ1n) is 7.34. The SMILES string of the molecule is Cc1ccc(SC(C)C(=O)Nc2ccc(S(N)(=O)=O)cc2)c(C)c1. The predicted octanol–water partition coefficient (Wildman–Crippen LogP) is 3.07. The van der Waals surface area contributed by atoms with Crippen molar-refractivity contribution in [2.24, 2.45) is 5.14 Å². The van der Waals surface area contributed by atoms with Crippen LogP contribution in [0.1, 0.15) is 18.1 Å². The number of nitrogens with two attached hydrogens (primary N) is 1. The van der Waals surface area contributed by atoms with Crippen molar-refractivity contribution in [3.8, 4) is 0 Å². The van der Waals surface area contributed by atoms with Gasteiger partial charge in [0.05, 0.1) is 10.1 Å². The number of amides is 1. The van der Waals surface area contributed by atoms with Crippen LogP contribution in [0.2, 0.25) is 0 Å². The minimum absolute atomic E-state index is 0.0122. The molecule has 0 radical (unpaired) electrons. The van der Waals surface area contributed by atoms with Crippen LogP contribution >= 0.6 is 11.8 Å². The molecule has 0 fully saturated rings. The lowest BCUT2D eigenvalue weighted by atomic mass is 10.2.